The number of carbonyl (C=O) groups is 1. The maximum absolute atomic E-state index is 14.1. The Bertz CT molecular complexity index is 671. The Labute approximate surface area is 131 Å². The second-order valence-electron chi connectivity index (χ2n) is 4.99. The summed E-state index contributed by atoms with van der Waals surface area (Å²) in [6, 6.07) is 10.5. The Morgan fingerprint density at radius 3 is 2.52 bits per heavy atom. The highest BCUT2D eigenvalue weighted by Gasteiger charge is 2.18. The maximum Gasteiger partial charge on any atom is 0.256 e. The molecule has 1 amide bonds. The fraction of sp³-hybridized carbons (Fsp3) is 0.188. The molecule has 2 N–H and O–H groups in total. The predicted octanol–water partition coefficient (Wildman–Crippen LogP) is 3.75. The summed E-state index contributed by atoms with van der Waals surface area (Å²) in [5.74, 6) is -0.900. The Morgan fingerprint density at radius 1 is 1.29 bits per heavy atom. The van der Waals surface area contributed by atoms with Gasteiger partial charge < -0.3 is 10.6 Å². The van der Waals surface area contributed by atoms with Crippen LogP contribution in [0.1, 0.15) is 21.5 Å². The number of nitrogen functional groups attached to an aromatic ring is 1. The van der Waals surface area contributed by atoms with Gasteiger partial charge in [-0.2, -0.15) is 0 Å². The number of nitrogens with two attached hydrogens (primary N) is 1. The summed E-state index contributed by atoms with van der Waals surface area (Å²) in [6.45, 7) is 2.00. The number of carbonyl (C=O) groups excluding carboxylic acids is 1. The molecule has 0 heterocycles. The fourth-order valence-electron chi connectivity index (χ4n) is 2.09. The highest BCUT2D eigenvalue weighted by atomic mass is 79.9. The minimum Gasteiger partial charge on any atom is -0.399 e. The summed E-state index contributed by atoms with van der Waals surface area (Å²) < 4.78 is 15.0. The van der Waals surface area contributed by atoms with Crippen LogP contribution in [0, 0.1) is 12.7 Å². The van der Waals surface area contributed by atoms with Gasteiger partial charge in [0.05, 0.1) is 5.56 Å². The first-order valence-corrected chi connectivity index (χ1v) is 7.23. The van der Waals surface area contributed by atoms with E-state index in [1.807, 2.05) is 24.3 Å². The van der Waals surface area contributed by atoms with Gasteiger partial charge in [-0.15, -0.1) is 0 Å². The molecule has 0 aliphatic rings. The number of halogens is 2. The van der Waals surface area contributed by atoms with Crippen molar-refractivity contribution in [3.8, 4) is 0 Å². The topological polar surface area (TPSA) is 46.3 Å². The van der Waals surface area contributed by atoms with Crippen molar-refractivity contribution in [1.29, 1.82) is 0 Å². The first-order chi connectivity index (χ1) is 9.88. The second kappa shape index (κ2) is 6.26. The number of hydrogen-bond acceptors (Lipinski definition) is 2. The van der Waals surface area contributed by atoms with E-state index in [2.05, 4.69) is 15.9 Å². The van der Waals surface area contributed by atoms with E-state index in [9.17, 15) is 9.18 Å². The van der Waals surface area contributed by atoms with Gasteiger partial charge in [0.25, 0.3) is 5.91 Å². The van der Waals surface area contributed by atoms with Gasteiger partial charge in [0, 0.05) is 23.8 Å². The maximum atomic E-state index is 14.1. The first kappa shape index (κ1) is 15.5. The molecule has 0 spiro atoms. The van der Waals surface area contributed by atoms with Crippen molar-refractivity contribution in [3.05, 3.63) is 63.4 Å². The second-order valence-corrected chi connectivity index (χ2v) is 5.90. The van der Waals surface area contributed by atoms with Gasteiger partial charge in [-0.1, -0.05) is 28.1 Å². The third kappa shape index (κ3) is 3.61. The monoisotopic (exact) mass is 350 g/mol. The molecule has 0 saturated carbocycles. The van der Waals surface area contributed by atoms with E-state index in [-0.39, 0.29) is 11.5 Å². The quantitative estimate of drug-likeness (QED) is 0.856. The lowest BCUT2D eigenvalue weighted by Gasteiger charge is -2.18. The fourth-order valence-corrected chi connectivity index (χ4v) is 2.36. The summed E-state index contributed by atoms with van der Waals surface area (Å²) in [5, 5.41) is 0. The molecule has 0 bridgehead atoms. The standard InChI is InChI=1S/C16H16BrFN2O/c1-10-7-13(19)8-14(15(10)18)16(21)20(2)9-11-3-5-12(17)6-4-11/h3-8H,9,19H2,1-2H3. The summed E-state index contributed by atoms with van der Waals surface area (Å²) >= 11 is 3.36. The van der Waals surface area contributed by atoms with Crippen molar-refractivity contribution in [2.75, 3.05) is 12.8 Å². The van der Waals surface area contributed by atoms with Gasteiger partial charge in [0.15, 0.2) is 0 Å². The van der Waals surface area contributed by atoms with Gasteiger partial charge in [-0.05, 0) is 42.3 Å². The molecule has 110 valence electrons. The van der Waals surface area contributed by atoms with Crippen molar-refractivity contribution in [1.82, 2.24) is 4.90 Å². The lowest BCUT2D eigenvalue weighted by Crippen LogP contribution is -2.27. The summed E-state index contributed by atoms with van der Waals surface area (Å²) in [7, 11) is 1.64. The Hall–Kier alpha value is -1.88. The van der Waals surface area contributed by atoms with Crippen LogP contribution in [0.4, 0.5) is 10.1 Å². The average Bonchev–Trinajstić information content (AvgIpc) is 2.44. The van der Waals surface area contributed by atoms with Crippen LogP contribution < -0.4 is 5.73 Å². The van der Waals surface area contributed by atoms with Crippen LogP contribution in [0.5, 0.6) is 0 Å². The molecule has 2 aromatic rings. The van der Waals surface area contributed by atoms with E-state index >= 15 is 0 Å². The van der Waals surface area contributed by atoms with E-state index < -0.39 is 5.82 Å². The van der Waals surface area contributed by atoms with Crippen molar-refractivity contribution in [2.24, 2.45) is 0 Å². The zero-order chi connectivity index (χ0) is 15.6. The number of aryl methyl sites for hydroxylation is 1. The van der Waals surface area contributed by atoms with Gasteiger partial charge >= 0.3 is 0 Å². The molecule has 0 unspecified atom stereocenters. The number of anilines is 1. The molecule has 0 aliphatic carbocycles. The van der Waals surface area contributed by atoms with E-state index in [0.717, 1.165) is 10.0 Å². The molecule has 0 saturated heterocycles. The van der Waals surface area contributed by atoms with Crippen molar-refractivity contribution < 1.29 is 9.18 Å². The predicted molar refractivity (Wildman–Crippen MR) is 85.5 cm³/mol. The zero-order valence-electron chi connectivity index (χ0n) is 11.9. The van der Waals surface area contributed by atoms with Crippen molar-refractivity contribution in [3.63, 3.8) is 0 Å². The van der Waals surface area contributed by atoms with Crippen LogP contribution in [0.2, 0.25) is 0 Å². The Morgan fingerprint density at radius 2 is 1.90 bits per heavy atom. The number of amides is 1. The van der Waals surface area contributed by atoms with Crippen LogP contribution in [-0.2, 0) is 6.54 Å². The molecule has 5 heteroatoms. The molecule has 0 atom stereocenters. The average molecular weight is 351 g/mol. The van der Waals surface area contributed by atoms with Crippen LogP contribution in [-0.4, -0.2) is 17.9 Å². The molecule has 0 aromatic heterocycles. The summed E-state index contributed by atoms with van der Waals surface area (Å²) in [6.07, 6.45) is 0. The van der Waals surface area contributed by atoms with E-state index in [1.54, 1.807) is 14.0 Å². The zero-order valence-corrected chi connectivity index (χ0v) is 13.4. The number of rotatable bonds is 3. The van der Waals surface area contributed by atoms with Crippen LogP contribution in [0.25, 0.3) is 0 Å². The summed E-state index contributed by atoms with van der Waals surface area (Å²) in [4.78, 5) is 13.8. The van der Waals surface area contributed by atoms with E-state index in [1.165, 1.54) is 17.0 Å². The smallest absolute Gasteiger partial charge is 0.256 e. The van der Waals surface area contributed by atoms with Gasteiger partial charge in [0.2, 0.25) is 0 Å². The van der Waals surface area contributed by atoms with Gasteiger partial charge in [-0.3, -0.25) is 4.79 Å². The highest BCUT2D eigenvalue weighted by molar-refractivity contribution is 9.10. The van der Waals surface area contributed by atoms with Gasteiger partial charge in [0.1, 0.15) is 5.82 Å². The highest BCUT2D eigenvalue weighted by Crippen LogP contribution is 2.19. The Kier molecular flexibility index (Phi) is 4.63. The lowest BCUT2D eigenvalue weighted by atomic mass is 10.1. The van der Waals surface area contributed by atoms with Crippen LogP contribution in [0.3, 0.4) is 0 Å². The Balaban J connectivity index is 2.21. The largest absolute Gasteiger partial charge is 0.399 e. The minimum absolute atomic E-state index is 0.00658. The SMILES string of the molecule is Cc1cc(N)cc(C(=O)N(C)Cc2ccc(Br)cc2)c1F. The number of benzene rings is 2. The first-order valence-electron chi connectivity index (χ1n) is 6.44. The van der Waals surface area contributed by atoms with E-state index in [0.29, 0.717) is 17.8 Å². The van der Waals surface area contributed by atoms with Crippen LogP contribution in [0.15, 0.2) is 40.9 Å². The third-order valence-corrected chi connectivity index (χ3v) is 3.72. The molecule has 3 nitrogen and oxygen atoms in total. The number of hydrogen-bond donors (Lipinski definition) is 1. The van der Waals surface area contributed by atoms with Crippen molar-refractivity contribution >= 4 is 27.5 Å². The number of nitrogens with zero attached hydrogens (tertiary/aromatic N) is 1. The lowest BCUT2D eigenvalue weighted by molar-refractivity contribution is 0.0780. The molecule has 21 heavy (non-hydrogen) atoms. The molecule has 2 aromatic carbocycles. The minimum atomic E-state index is -0.517. The molecular weight excluding hydrogens is 335 g/mol. The van der Waals surface area contributed by atoms with Crippen LogP contribution >= 0.6 is 15.9 Å². The normalized spacial score (nSPS) is 10.5. The van der Waals surface area contributed by atoms with E-state index in [4.69, 9.17) is 5.73 Å². The molecule has 0 radical (unpaired) electrons. The molecular formula is C16H16BrFN2O. The molecule has 2 rings (SSSR count). The third-order valence-electron chi connectivity index (χ3n) is 3.19. The molecule has 0 fully saturated rings. The molecule has 0 aliphatic heterocycles. The van der Waals surface area contributed by atoms with Gasteiger partial charge in [-0.25, -0.2) is 4.39 Å². The van der Waals surface area contributed by atoms with Crippen molar-refractivity contribution in [2.45, 2.75) is 13.5 Å². The summed E-state index contributed by atoms with van der Waals surface area (Å²) in [5.41, 5.74) is 7.42.